The van der Waals surface area contributed by atoms with E-state index in [1.165, 1.54) is 18.2 Å². The summed E-state index contributed by atoms with van der Waals surface area (Å²) < 4.78 is 50.8. The Bertz CT molecular complexity index is 583. The van der Waals surface area contributed by atoms with Gasteiger partial charge in [0.1, 0.15) is 5.82 Å². The lowest BCUT2D eigenvalue weighted by atomic mass is 10.1. The van der Waals surface area contributed by atoms with Crippen LogP contribution in [-0.2, 0) is 6.18 Å². The van der Waals surface area contributed by atoms with Crippen LogP contribution in [-0.4, -0.2) is 10.2 Å². The van der Waals surface area contributed by atoms with E-state index in [1.54, 1.807) is 0 Å². The van der Waals surface area contributed by atoms with E-state index in [0.29, 0.717) is 0 Å². The van der Waals surface area contributed by atoms with Crippen LogP contribution in [0.1, 0.15) is 5.56 Å². The third kappa shape index (κ3) is 2.59. The smallest absolute Gasteiger partial charge is 0.207 e. The van der Waals surface area contributed by atoms with Gasteiger partial charge < -0.3 is 0 Å². The Balaban J connectivity index is 2.54. The third-order valence-electron chi connectivity index (χ3n) is 2.17. The molecule has 0 bridgehead atoms. The zero-order chi connectivity index (χ0) is 13.3. The first kappa shape index (κ1) is 12.8. The minimum Gasteiger partial charge on any atom is -0.207 e. The van der Waals surface area contributed by atoms with E-state index in [-0.39, 0.29) is 11.3 Å². The second-order valence-corrected chi connectivity index (χ2v) is 3.80. The van der Waals surface area contributed by atoms with Gasteiger partial charge in [0.05, 0.1) is 11.3 Å². The van der Waals surface area contributed by atoms with Crippen LogP contribution in [0.25, 0.3) is 11.3 Å². The van der Waals surface area contributed by atoms with Crippen molar-refractivity contribution in [3.05, 3.63) is 46.9 Å². The van der Waals surface area contributed by atoms with Gasteiger partial charge in [-0.1, -0.05) is 23.7 Å². The standard InChI is InChI=1S/C11H5ClF4N2/c12-10-8(11(14,15)16)5-9(17-18-10)6-2-1-3-7(13)4-6/h1-5H. The lowest BCUT2D eigenvalue weighted by Gasteiger charge is -2.09. The van der Waals surface area contributed by atoms with Crippen LogP contribution in [0, 0.1) is 5.82 Å². The highest BCUT2D eigenvalue weighted by molar-refractivity contribution is 6.30. The molecule has 1 heterocycles. The zero-order valence-electron chi connectivity index (χ0n) is 8.67. The molecule has 2 nitrogen and oxygen atoms in total. The molecular weight excluding hydrogens is 272 g/mol. The SMILES string of the molecule is Fc1cccc(-c2cc(C(F)(F)F)c(Cl)nn2)c1. The molecule has 0 spiro atoms. The van der Waals surface area contributed by atoms with E-state index in [1.807, 2.05) is 0 Å². The molecule has 1 aromatic carbocycles. The van der Waals surface area contributed by atoms with Gasteiger partial charge in [0.2, 0.25) is 0 Å². The molecule has 18 heavy (non-hydrogen) atoms. The van der Waals surface area contributed by atoms with Crippen molar-refractivity contribution >= 4 is 11.6 Å². The summed E-state index contributed by atoms with van der Waals surface area (Å²) in [6.07, 6.45) is -4.63. The van der Waals surface area contributed by atoms with E-state index in [4.69, 9.17) is 11.6 Å². The fourth-order valence-corrected chi connectivity index (χ4v) is 1.56. The van der Waals surface area contributed by atoms with Crippen molar-refractivity contribution < 1.29 is 17.6 Å². The first-order valence-corrected chi connectivity index (χ1v) is 5.12. The van der Waals surface area contributed by atoms with Crippen molar-refractivity contribution in [2.45, 2.75) is 6.18 Å². The summed E-state index contributed by atoms with van der Waals surface area (Å²) in [6, 6.07) is 5.79. The molecule has 1 aromatic heterocycles. The summed E-state index contributed by atoms with van der Waals surface area (Å²) in [5.74, 6) is -0.571. The van der Waals surface area contributed by atoms with Crippen molar-refractivity contribution in [3.8, 4) is 11.3 Å². The Morgan fingerprint density at radius 1 is 1.06 bits per heavy atom. The van der Waals surface area contributed by atoms with Crippen LogP contribution in [0.5, 0.6) is 0 Å². The molecule has 0 aliphatic heterocycles. The quantitative estimate of drug-likeness (QED) is 0.737. The molecule has 0 aliphatic carbocycles. The molecule has 2 aromatic rings. The number of benzene rings is 1. The molecule has 0 amide bonds. The van der Waals surface area contributed by atoms with Gasteiger partial charge in [-0.15, -0.1) is 10.2 Å². The third-order valence-corrected chi connectivity index (χ3v) is 2.45. The number of halogens is 5. The average Bonchev–Trinajstić information content (AvgIpc) is 2.28. The van der Waals surface area contributed by atoms with E-state index < -0.39 is 22.7 Å². The minimum atomic E-state index is -4.63. The van der Waals surface area contributed by atoms with E-state index in [9.17, 15) is 17.6 Å². The van der Waals surface area contributed by atoms with Crippen LogP contribution in [0.3, 0.4) is 0 Å². The molecule has 2 rings (SSSR count). The Labute approximate surface area is 104 Å². The van der Waals surface area contributed by atoms with Crippen molar-refractivity contribution in [2.24, 2.45) is 0 Å². The lowest BCUT2D eigenvalue weighted by molar-refractivity contribution is -0.137. The van der Waals surface area contributed by atoms with Crippen LogP contribution >= 0.6 is 11.6 Å². The van der Waals surface area contributed by atoms with E-state index in [2.05, 4.69) is 10.2 Å². The van der Waals surface area contributed by atoms with Gasteiger partial charge >= 0.3 is 6.18 Å². The molecule has 0 unspecified atom stereocenters. The molecule has 0 fully saturated rings. The largest absolute Gasteiger partial charge is 0.419 e. The number of nitrogens with zero attached hydrogens (tertiary/aromatic N) is 2. The molecule has 7 heteroatoms. The monoisotopic (exact) mass is 276 g/mol. The predicted molar refractivity (Wildman–Crippen MR) is 57.4 cm³/mol. The van der Waals surface area contributed by atoms with Crippen LogP contribution in [0.4, 0.5) is 17.6 Å². The van der Waals surface area contributed by atoms with Gasteiger partial charge in [-0.3, -0.25) is 0 Å². The topological polar surface area (TPSA) is 25.8 Å². The number of aromatic nitrogens is 2. The number of alkyl halides is 3. The highest BCUT2D eigenvalue weighted by Gasteiger charge is 2.34. The number of hydrogen-bond donors (Lipinski definition) is 0. The maximum Gasteiger partial charge on any atom is 0.419 e. The van der Waals surface area contributed by atoms with Gasteiger partial charge in [0, 0.05) is 5.56 Å². The molecule has 0 saturated carbocycles. The van der Waals surface area contributed by atoms with Crippen molar-refractivity contribution in [1.82, 2.24) is 10.2 Å². The second kappa shape index (κ2) is 4.53. The van der Waals surface area contributed by atoms with Crippen LogP contribution < -0.4 is 0 Å². The molecule has 0 radical (unpaired) electrons. The zero-order valence-corrected chi connectivity index (χ0v) is 9.43. The average molecular weight is 277 g/mol. The molecule has 0 aliphatic rings. The minimum absolute atomic E-state index is 0.0915. The summed E-state index contributed by atoms with van der Waals surface area (Å²) in [5, 5.41) is 6.01. The van der Waals surface area contributed by atoms with E-state index >= 15 is 0 Å². The van der Waals surface area contributed by atoms with Crippen molar-refractivity contribution in [1.29, 1.82) is 0 Å². The lowest BCUT2D eigenvalue weighted by Crippen LogP contribution is -2.08. The predicted octanol–water partition coefficient (Wildman–Crippen LogP) is 3.95. The van der Waals surface area contributed by atoms with Crippen LogP contribution in [0.15, 0.2) is 30.3 Å². The Hall–Kier alpha value is -1.69. The number of rotatable bonds is 1. The van der Waals surface area contributed by atoms with E-state index in [0.717, 1.165) is 12.1 Å². The Morgan fingerprint density at radius 3 is 2.39 bits per heavy atom. The molecule has 0 N–H and O–H groups in total. The first-order valence-electron chi connectivity index (χ1n) is 4.74. The number of hydrogen-bond acceptors (Lipinski definition) is 2. The highest BCUT2D eigenvalue weighted by Crippen LogP contribution is 2.35. The maximum atomic E-state index is 13.0. The molecule has 0 atom stereocenters. The van der Waals surface area contributed by atoms with Gasteiger partial charge in [0.25, 0.3) is 0 Å². The summed E-state index contributed by atoms with van der Waals surface area (Å²) >= 11 is 5.33. The van der Waals surface area contributed by atoms with Gasteiger partial charge in [-0.2, -0.15) is 13.2 Å². The van der Waals surface area contributed by atoms with Crippen molar-refractivity contribution in [3.63, 3.8) is 0 Å². The summed E-state index contributed by atoms with van der Waals surface area (Å²) in [4.78, 5) is 0. The van der Waals surface area contributed by atoms with Gasteiger partial charge in [-0.05, 0) is 18.2 Å². The Kier molecular flexibility index (Phi) is 3.21. The van der Waals surface area contributed by atoms with Crippen LogP contribution in [0.2, 0.25) is 5.15 Å². The molecule has 0 saturated heterocycles. The summed E-state index contributed by atoms with van der Waals surface area (Å²) in [7, 11) is 0. The van der Waals surface area contributed by atoms with Gasteiger partial charge in [0.15, 0.2) is 5.15 Å². The highest BCUT2D eigenvalue weighted by atomic mass is 35.5. The second-order valence-electron chi connectivity index (χ2n) is 3.44. The normalized spacial score (nSPS) is 11.6. The van der Waals surface area contributed by atoms with Gasteiger partial charge in [-0.25, -0.2) is 4.39 Å². The maximum absolute atomic E-state index is 13.0. The first-order chi connectivity index (χ1) is 8.38. The fraction of sp³-hybridized carbons (Fsp3) is 0.0909. The summed E-state index contributed by atoms with van der Waals surface area (Å²) in [6.45, 7) is 0. The summed E-state index contributed by atoms with van der Waals surface area (Å²) in [5.41, 5.74) is -0.991. The molecular formula is C11H5ClF4N2. The fourth-order valence-electron chi connectivity index (χ4n) is 1.36. The van der Waals surface area contributed by atoms with Crippen molar-refractivity contribution in [2.75, 3.05) is 0 Å². The molecule has 94 valence electrons. The Morgan fingerprint density at radius 2 is 1.78 bits per heavy atom.